The smallest absolute Gasteiger partial charge is 0.272 e. The lowest BCUT2D eigenvalue weighted by Gasteiger charge is -2.14. The molecule has 30 heavy (non-hydrogen) atoms. The van der Waals surface area contributed by atoms with Gasteiger partial charge in [0.05, 0.1) is 17.9 Å². The number of hydrogen-bond acceptors (Lipinski definition) is 5. The summed E-state index contributed by atoms with van der Waals surface area (Å²) in [4.78, 5) is 17.0. The van der Waals surface area contributed by atoms with Crippen LogP contribution in [0, 0.1) is 6.92 Å². The molecule has 0 saturated heterocycles. The molecule has 154 valence electrons. The highest BCUT2D eigenvalue weighted by Crippen LogP contribution is 2.23. The van der Waals surface area contributed by atoms with E-state index in [9.17, 15) is 4.79 Å². The molecule has 0 saturated carbocycles. The number of hydrogen-bond donors (Lipinski definition) is 1. The number of benzene rings is 1. The number of nitrogens with zero attached hydrogens (tertiary/aromatic N) is 5. The lowest BCUT2D eigenvalue weighted by Crippen LogP contribution is -2.37. The van der Waals surface area contributed by atoms with Crippen LogP contribution >= 0.6 is 11.6 Å². The molecular formula is C21H21ClN6O2. The minimum Gasteiger partial charge on any atom is -0.491 e. The molecule has 0 fully saturated rings. The van der Waals surface area contributed by atoms with Gasteiger partial charge in [0.15, 0.2) is 11.3 Å². The van der Waals surface area contributed by atoms with Gasteiger partial charge in [-0.2, -0.15) is 10.2 Å². The van der Waals surface area contributed by atoms with Crippen molar-refractivity contribution < 1.29 is 9.53 Å². The van der Waals surface area contributed by atoms with E-state index in [1.165, 1.54) is 0 Å². The Balaban J connectivity index is 1.49. The van der Waals surface area contributed by atoms with Crippen LogP contribution in [-0.4, -0.2) is 42.9 Å². The largest absolute Gasteiger partial charge is 0.491 e. The highest BCUT2D eigenvalue weighted by molar-refractivity contribution is 6.30. The molecule has 4 aromatic rings. The topological polar surface area (TPSA) is 86.3 Å². The summed E-state index contributed by atoms with van der Waals surface area (Å²) in [6.07, 6.45) is 3.48. The Morgan fingerprint density at radius 3 is 2.73 bits per heavy atom. The number of amides is 1. The Morgan fingerprint density at radius 1 is 1.27 bits per heavy atom. The zero-order valence-corrected chi connectivity index (χ0v) is 17.6. The SMILES string of the molecule is Cc1c(-c2ccnc3cc(C(=O)N[C@@H](C)COc4ccc(Cl)cc4)nn23)cnn1C. The fourth-order valence-electron chi connectivity index (χ4n) is 3.05. The maximum atomic E-state index is 12.7. The third-order valence-electron chi connectivity index (χ3n) is 4.79. The molecule has 0 spiro atoms. The van der Waals surface area contributed by atoms with Crippen LogP contribution < -0.4 is 10.1 Å². The Hall–Kier alpha value is -3.39. The van der Waals surface area contributed by atoms with E-state index < -0.39 is 0 Å². The van der Waals surface area contributed by atoms with E-state index in [2.05, 4.69) is 20.5 Å². The van der Waals surface area contributed by atoms with Crippen LogP contribution in [0.3, 0.4) is 0 Å². The first-order valence-corrected chi connectivity index (χ1v) is 9.83. The molecule has 0 aliphatic rings. The number of nitrogens with one attached hydrogen (secondary N) is 1. The number of halogens is 1. The van der Waals surface area contributed by atoms with Gasteiger partial charge in [0.2, 0.25) is 0 Å². The minimum atomic E-state index is -0.290. The third kappa shape index (κ3) is 3.99. The van der Waals surface area contributed by atoms with E-state index in [0.29, 0.717) is 23.0 Å². The van der Waals surface area contributed by atoms with Crippen molar-refractivity contribution in [2.45, 2.75) is 19.9 Å². The van der Waals surface area contributed by atoms with Gasteiger partial charge in [0.1, 0.15) is 12.4 Å². The molecule has 3 aromatic heterocycles. The van der Waals surface area contributed by atoms with Gasteiger partial charge in [-0.25, -0.2) is 9.50 Å². The summed E-state index contributed by atoms with van der Waals surface area (Å²) in [5.41, 5.74) is 3.63. The monoisotopic (exact) mass is 424 g/mol. The first-order chi connectivity index (χ1) is 14.4. The zero-order valence-electron chi connectivity index (χ0n) is 16.8. The van der Waals surface area contributed by atoms with Crippen LogP contribution in [0.1, 0.15) is 23.1 Å². The van der Waals surface area contributed by atoms with Crippen molar-refractivity contribution in [3.63, 3.8) is 0 Å². The zero-order chi connectivity index (χ0) is 21.3. The molecule has 1 N–H and O–H groups in total. The number of ether oxygens (including phenoxy) is 1. The minimum absolute atomic E-state index is 0.217. The standard InChI is InChI=1S/C21H21ClN6O2/c1-13(12-30-16-6-4-15(22)5-7-16)25-21(29)18-10-20-23-9-8-19(28(20)26-18)17-11-24-27(3)14(17)2/h4-11,13H,12H2,1-3H3,(H,25,29)/t13-/m0/s1. The normalized spacial score (nSPS) is 12.1. The van der Waals surface area contributed by atoms with Crippen molar-refractivity contribution in [2.75, 3.05) is 6.61 Å². The number of carbonyl (C=O) groups excluding carboxylic acids is 1. The quantitative estimate of drug-likeness (QED) is 0.513. The van der Waals surface area contributed by atoms with Gasteiger partial charge in [-0.05, 0) is 44.2 Å². The van der Waals surface area contributed by atoms with Crippen molar-refractivity contribution in [3.8, 4) is 17.0 Å². The fraction of sp³-hybridized carbons (Fsp3) is 0.238. The second-order valence-electron chi connectivity index (χ2n) is 7.04. The van der Waals surface area contributed by atoms with Crippen LogP contribution in [0.15, 0.2) is 48.8 Å². The van der Waals surface area contributed by atoms with E-state index in [1.807, 2.05) is 27.0 Å². The van der Waals surface area contributed by atoms with Crippen LogP contribution in [0.4, 0.5) is 0 Å². The summed E-state index contributed by atoms with van der Waals surface area (Å²) in [6, 6.07) is 10.4. The second-order valence-corrected chi connectivity index (χ2v) is 7.47. The summed E-state index contributed by atoms with van der Waals surface area (Å²) in [6.45, 7) is 4.17. The van der Waals surface area contributed by atoms with Crippen molar-refractivity contribution in [1.29, 1.82) is 0 Å². The molecular weight excluding hydrogens is 404 g/mol. The highest BCUT2D eigenvalue weighted by Gasteiger charge is 2.17. The van der Waals surface area contributed by atoms with Gasteiger partial charge >= 0.3 is 0 Å². The predicted octanol–water partition coefficient (Wildman–Crippen LogP) is 3.29. The molecule has 0 aliphatic carbocycles. The summed E-state index contributed by atoms with van der Waals surface area (Å²) in [7, 11) is 1.88. The van der Waals surface area contributed by atoms with E-state index in [0.717, 1.165) is 17.0 Å². The Labute approximate surface area is 178 Å². The van der Waals surface area contributed by atoms with Crippen LogP contribution in [0.5, 0.6) is 5.75 Å². The number of aromatic nitrogens is 5. The van der Waals surface area contributed by atoms with Crippen molar-refractivity contribution in [3.05, 3.63) is 65.2 Å². The molecule has 0 aliphatic heterocycles. The van der Waals surface area contributed by atoms with Gasteiger partial charge in [0.25, 0.3) is 5.91 Å². The molecule has 3 heterocycles. The average molecular weight is 425 g/mol. The third-order valence-corrected chi connectivity index (χ3v) is 5.04. The average Bonchev–Trinajstić information content (AvgIpc) is 3.31. The van der Waals surface area contributed by atoms with E-state index >= 15 is 0 Å². The van der Waals surface area contributed by atoms with E-state index in [-0.39, 0.29) is 17.6 Å². The molecule has 1 aromatic carbocycles. The van der Waals surface area contributed by atoms with Crippen LogP contribution in [-0.2, 0) is 7.05 Å². The molecule has 0 radical (unpaired) electrons. The number of aryl methyl sites for hydroxylation is 1. The van der Waals surface area contributed by atoms with Crippen LogP contribution in [0.2, 0.25) is 5.02 Å². The Bertz CT molecular complexity index is 1200. The first-order valence-electron chi connectivity index (χ1n) is 9.45. The summed E-state index contributed by atoms with van der Waals surface area (Å²) in [5, 5.41) is 12.3. The van der Waals surface area contributed by atoms with Gasteiger partial charge < -0.3 is 10.1 Å². The Kier molecular flexibility index (Phi) is 5.41. The summed E-state index contributed by atoms with van der Waals surface area (Å²) >= 11 is 5.87. The lowest BCUT2D eigenvalue weighted by molar-refractivity contribution is 0.0921. The number of carbonyl (C=O) groups is 1. The summed E-state index contributed by atoms with van der Waals surface area (Å²) in [5.74, 6) is 0.399. The molecule has 0 unspecified atom stereocenters. The van der Waals surface area contributed by atoms with E-state index in [4.69, 9.17) is 16.3 Å². The number of fused-ring (bicyclic) bond motifs is 1. The molecule has 4 rings (SSSR count). The first kappa shape index (κ1) is 19.9. The molecule has 8 nitrogen and oxygen atoms in total. The molecule has 1 amide bonds. The van der Waals surface area contributed by atoms with Crippen molar-refractivity contribution >= 4 is 23.2 Å². The van der Waals surface area contributed by atoms with Gasteiger partial charge in [-0.15, -0.1) is 0 Å². The van der Waals surface area contributed by atoms with Gasteiger partial charge in [-0.1, -0.05) is 11.6 Å². The van der Waals surface area contributed by atoms with Gasteiger partial charge in [-0.3, -0.25) is 9.48 Å². The Morgan fingerprint density at radius 2 is 2.03 bits per heavy atom. The molecule has 0 bridgehead atoms. The number of rotatable bonds is 6. The second kappa shape index (κ2) is 8.16. The predicted molar refractivity (Wildman–Crippen MR) is 114 cm³/mol. The van der Waals surface area contributed by atoms with E-state index in [1.54, 1.807) is 51.9 Å². The lowest BCUT2D eigenvalue weighted by atomic mass is 10.2. The maximum Gasteiger partial charge on any atom is 0.272 e. The highest BCUT2D eigenvalue weighted by atomic mass is 35.5. The van der Waals surface area contributed by atoms with Crippen molar-refractivity contribution in [2.24, 2.45) is 7.05 Å². The van der Waals surface area contributed by atoms with Crippen LogP contribution in [0.25, 0.3) is 16.9 Å². The molecule has 9 heteroatoms. The van der Waals surface area contributed by atoms with Gasteiger partial charge in [0, 0.05) is 35.6 Å². The fourth-order valence-corrected chi connectivity index (χ4v) is 3.18. The maximum absolute atomic E-state index is 12.7. The molecule has 1 atom stereocenters. The van der Waals surface area contributed by atoms with Crippen molar-refractivity contribution in [1.82, 2.24) is 29.7 Å². The summed E-state index contributed by atoms with van der Waals surface area (Å²) < 4.78 is 9.14.